The van der Waals surface area contributed by atoms with Gasteiger partial charge >= 0.3 is 52.2 Å². The molecule has 0 amide bonds. The van der Waals surface area contributed by atoms with E-state index in [9.17, 15) is 0 Å². The molecule has 22 heavy (non-hydrogen) atoms. The molecule has 0 fully saturated rings. The first-order chi connectivity index (χ1) is 9.25. The summed E-state index contributed by atoms with van der Waals surface area (Å²) in [4.78, 5) is 0. The minimum Gasteiger partial charge on any atom is 0 e. The van der Waals surface area contributed by atoms with E-state index in [-0.39, 0.29) is 48.1 Å². The van der Waals surface area contributed by atoms with E-state index in [1.807, 2.05) is 0 Å². The molecular formula is C14H32NaO2P4V+. The smallest absolute Gasteiger partial charge is 0 e. The molecule has 2 nitrogen and oxygen atoms in total. The molecular weight excluding hydrogens is 398 g/mol. The first-order valence-corrected chi connectivity index (χ1v) is 15.9. The van der Waals surface area contributed by atoms with Crippen molar-refractivity contribution in [2.24, 2.45) is 0 Å². The topological polar surface area (TPSA) is 39.8 Å². The molecule has 0 aromatic rings. The molecule has 0 spiro atoms. The molecule has 1 radical (unpaired) electrons. The Morgan fingerprint density at radius 1 is 0.500 bits per heavy atom. The average Bonchev–Trinajstić information content (AvgIpc) is 2.39. The van der Waals surface area contributed by atoms with Crippen molar-refractivity contribution in [2.75, 3.05) is 78.0 Å². The van der Waals surface area contributed by atoms with Gasteiger partial charge in [-0.05, 0) is 78.0 Å². The third-order valence-corrected chi connectivity index (χ3v) is 7.17. The molecule has 0 N–H and O–H groups in total. The Bertz CT molecular complexity index is 176. The monoisotopic (exact) mass is 430 g/mol. The van der Waals surface area contributed by atoms with Gasteiger partial charge in [-0.25, -0.2) is 0 Å². The van der Waals surface area contributed by atoms with Crippen LogP contribution in [0.25, 0.3) is 0 Å². The van der Waals surface area contributed by atoms with Crippen molar-refractivity contribution < 1.29 is 57.4 Å². The van der Waals surface area contributed by atoms with Crippen LogP contribution in [0, 0.1) is 13.3 Å². The van der Waals surface area contributed by atoms with Crippen molar-refractivity contribution in [2.45, 2.75) is 0 Å². The maximum absolute atomic E-state index is 7.50. The number of hydrogen-bond acceptors (Lipinski definition) is 0. The molecule has 0 aromatic carbocycles. The Labute approximate surface area is 179 Å². The molecule has 0 atom stereocenters. The summed E-state index contributed by atoms with van der Waals surface area (Å²) < 4.78 is 15.0. The van der Waals surface area contributed by atoms with Crippen molar-refractivity contribution >= 4 is 31.7 Å². The summed E-state index contributed by atoms with van der Waals surface area (Å²) in [5.74, 6) is 0. The Hall–Kier alpha value is 2.78. The third kappa shape index (κ3) is 66.2. The van der Waals surface area contributed by atoms with Crippen LogP contribution in [0.2, 0.25) is 0 Å². The van der Waals surface area contributed by atoms with E-state index >= 15 is 0 Å². The molecule has 0 unspecified atom stereocenters. The Morgan fingerprint density at radius 3 is 0.636 bits per heavy atom. The Kier molecular flexibility index (Phi) is 63.2. The van der Waals surface area contributed by atoms with Gasteiger partial charge in [0.2, 0.25) is 0 Å². The van der Waals surface area contributed by atoms with Gasteiger partial charge in [0.05, 0.1) is 0 Å². The van der Waals surface area contributed by atoms with Crippen LogP contribution >= 0.6 is 31.7 Å². The van der Waals surface area contributed by atoms with Crippen molar-refractivity contribution in [3.05, 3.63) is 13.3 Å². The molecule has 0 aliphatic heterocycles. The van der Waals surface area contributed by atoms with Gasteiger partial charge in [-0.2, -0.15) is 0 Å². The molecule has 0 rings (SSSR count). The second-order valence-electron chi connectivity index (χ2n) is 5.21. The summed E-state index contributed by atoms with van der Waals surface area (Å²) in [6, 6.07) is 0. The van der Waals surface area contributed by atoms with Gasteiger partial charge in [0.1, 0.15) is 0 Å². The van der Waals surface area contributed by atoms with Gasteiger partial charge in [-0.3, -0.25) is 0 Å². The van der Waals surface area contributed by atoms with Gasteiger partial charge < -0.3 is 0 Å². The van der Waals surface area contributed by atoms with Gasteiger partial charge in [0.25, 0.3) is 0 Å². The minimum atomic E-state index is 0. The summed E-state index contributed by atoms with van der Waals surface area (Å²) in [6.45, 7) is 27.8. The molecule has 0 aliphatic rings. The summed E-state index contributed by atoms with van der Waals surface area (Å²) in [7, 11) is 1.53. The van der Waals surface area contributed by atoms with E-state index in [0.717, 1.165) is 0 Å². The van der Waals surface area contributed by atoms with Crippen LogP contribution in [-0.2, 0) is 27.9 Å². The molecule has 0 saturated heterocycles. The van der Waals surface area contributed by atoms with E-state index in [0.29, 0.717) is 31.7 Å². The van der Waals surface area contributed by atoms with Crippen LogP contribution < -0.4 is 29.6 Å². The van der Waals surface area contributed by atoms with E-state index < -0.39 is 0 Å². The first-order valence-electron chi connectivity index (χ1n) is 6.25. The minimum absolute atomic E-state index is 0. The zero-order valence-electron chi connectivity index (χ0n) is 15.9. The molecule has 0 aliphatic carbocycles. The second-order valence-corrected chi connectivity index (χ2v) is 15.6. The standard InChI is InChI=1S/2C6H16P2.2CO.Na.V/c2*1-7(2)5-6-8(3)4;2*1-2;;/h2*5-6H2,1-4H3;;;;/q;;;;+1;. The normalized spacial score (nSPS) is 8.36. The summed E-state index contributed by atoms with van der Waals surface area (Å²) in [5, 5.41) is 0. The SMILES string of the molecule is CP(C)CCP(C)C.CP(C)CCP(C)C.[C-]#[O+].[C-]#[O+].[Na+].[V]. The molecule has 125 valence electrons. The van der Waals surface area contributed by atoms with Crippen LogP contribution in [0.1, 0.15) is 0 Å². The molecule has 0 saturated carbocycles. The van der Waals surface area contributed by atoms with E-state index in [2.05, 4.69) is 66.6 Å². The number of hydrogen-bond donors (Lipinski definition) is 0. The van der Waals surface area contributed by atoms with Crippen LogP contribution in [-0.4, -0.2) is 78.0 Å². The summed E-state index contributed by atoms with van der Waals surface area (Å²) in [6.07, 6.45) is 5.92. The van der Waals surface area contributed by atoms with Crippen LogP contribution in [0.5, 0.6) is 0 Å². The third-order valence-electron chi connectivity index (χ3n) is 1.99. The fraction of sp³-hybridized carbons (Fsp3) is 0.857. The Balaban J connectivity index is -0.0000000440. The van der Waals surface area contributed by atoms with Crippen molar-refractivity contribution in [3.8, 4) is 0 Å². The maximum atomic E-state index is 7.50. The van der Waals surface area contributed by atoms with E-state index in [4.69, 9.17) is 9.30 Å². The van der Waals surface area contributed by atoms with Crippen LogP contribution in [0.3, 0.4) is 0 Å². The van der Waals surface area contributed by atoms with E-state index in [1.54, 1.807) is 0 Å². The zero-order chi connectivity index (χ0) is 17.1. The number of rotatable bonds is 6. The Morgan fingerprint density at radius 2 is 0.591 bits per heavy atom. The molecule has 0 bridgehead atoms. The van der Waals surface area contributed by atoms with Gasteiger partial charge in [0.15, 0.2) is 0 Å². The largest absolute Gasteiger partial charge is 1.00 e. The van der Waals surface area contributed by atoms with Gasteiger partial charge in [-0.15, -0.1) is 31.7 Å². The van der Waals surface area contributed by atoms with Crippen LogP contribution in [0.4, 0.5) is 0 Å². The van der Waals surface area contributed by atoms with Crippen molar-refractivity contribution in [1.82, 2.24) is 0 Å². The predicted octanol–water partition coefficient (Wildman–Crippen LogP) is 1.87. The average molecular weight is 430 g/mol. The molecule has 0 heterocycles. The second kappa shape index (κ2) is 35.0. The van der Waals surface area contributed by atoms with E-state index in [1.165, 1.54) is 24.6 Å². The molecule has 8 heteroatoms. The summed E-state index contributed by atoms with van der Waals surface area (Å²) >= 11 is 0. The van der Waals surface area contributed by atoms with Crippen molar-refractivity contribution in [1.29, 1.82) is 0 Å². The molecule has 0 aromatic heterocycles. The van der Waals surface area contributed by atoms with Crippen molar-refractivity contribution in [3.63, 3.8) is 0 Å². The van der Waals surface area contributed by atoms with Gasteiger partial charge in [0, 0.05) is 18.6 Å². The van der Waals surface area contributed by atoms with Gasteiger partial charge in [-0.1, -0.05) is 0 Å². The fourth-order valence-electron chi connectivity index (χ4n) is 0.800. The van der Waals surface area contributed by atoms with Crippen LogP contribution in [0.15, 0.2) is 0 Å². The quantitative estimate of drug-likeness (QED) is 0.267. The zero-order valence-corrected chi connectivity index (χ0v) is 22.9. The maximum Gasteiger partial charge on any atom is 1.00 e. The summed E-state index contributed by atoms with van der Waals surface area (Å²) in [5.41, 5.74) is 0. The fourth-order valence-corrected chi connectivity index (χ4v) is 7.20. The first kappa shape index (κ1) is 39.7. The predicted molar refractivity (Wildman–Crippen MR) is 102 cm³/mol.